The molecule has 2 heterocycles. The molecule has 2 aliphatic rings. The Morgan fingerprint density at radius 3 is 2.22 bits per heavy atom. The summed E-state index contributed by atoms with van der Waals surface area (Å²) in [5.74, 6) is -0.864. The fraction of sp³-hybridized carbons (Fsp3) is 0.500. The quantitative estimate of drug-likeness (QED) is 0.523. The van der Waals surface area contributed by atoms with Gasteiger partial charge in [-0.25, -0.2) is 4.79 Å². The molecular formula is C32H42N4O5. The molecule has 9 nitrogen and oxygen atoms in total. The molecule has 0 saturated carbocycles. The lowest BCUT2D eigenvalue weighted by atomic mass is 9.94. The molecular weight excluding hydrogens is 520 g/mol. The first kappa shape index (κ1) is 30.1. The molecule has 4 amide bonds. The highest BCUT2D eigenvalue weighted by Crippen LogP contribution is 2.25. The number of nitrogens with one attached hydrogen (secondary N) is 2. The van der Waals surface area contributed by atoms with Gasteiger partial charge >= 0.3 is 6.09 Å². The van der Waals surface area contributed by atoms with Crippen LogP contribution in [0.4, 0.5) is 10.5 Å². The molecule has 4 rings (SSSR count). The van der Waals surface area contributed by atoms with Gasteiger partial charge in [-0.05, 0) is 71.1 Å². The van der Waals surface area contributed by atoms with Gasteiger partial charge in [0.2, 0.25) is 17.7 Å². The molecule has 0 radical (unpaired) electrons. The number of aryl methyl sites for hydroxylation is 1. The van der Waals surface area contributed by atoms with Crippen molar-refractivity contribution in [3.8, 4) is 0 Å². The molecule has 2 saturated heterocycles. The van der Waals surface area contributed by atoms with E-state index in [0.717, 1.165) is 17.5 Å². The van der Waals surface area contributed by atoms with Gasteiger partial charge in [0.25, 0.3) is 0 Å². The van der Waals surface area contributed by atoms with Gasteiger partial charge in [0, 0.05) is 37.7 Å². The largest absolute Gasteiger partial charge is 0.444 e. The Kier molecular flexibility index (Phi) is 9.68. The maximum Gasteiger partial charge on any atom is 0.410 e. The number of carbonyl (C=O) groups excluding carboxylic acids is 4. The molecule has 0 aromatic heterocycles. The summed E-state index contributed by atoms with van der Waals surface area (Å²) in [5.41, 5.74) is 2.08. The third-order valence-electron chi connectivity index (χ3n) is 7.58. The van der Waals surface area contributed by atoms with Crippen LogP contribution in [0.5, 0.6) is 0 Å². The van der Waals surface area contributed by atoms with Gasteiger partial charge < -0.3 is 20.3 Å². The smallest absolute Gasteiger partial charge is 0.410 e. The Morgan fingerprint density at radius 1 is 0.927 bits per heavy atom. The molecule has 2 atom stereocenters. The topological polar surface area (TPSA) is 108 Å². The summed E-state index contributed by atoms with van der Waals surface area (Å²) in [6, 6.07) is 15.9. The number of hydrogen-bond acceptors (Lipinski definition) is 5. The SMILES string of the molecule is Cc1ccc(NC(=O)[C@@H](Cc2ccccc2)NC(=O)C2CCN(C(=O)[C@H]3CCCN3C(=O)OC(C)(C)C)CC2)cc1. The Labute approximate surface area is 242 Å². The normalized spacial score (nSPS) is 18.5. The summed E-state index contributed by atoms with van der Waals surface area (Å²) in [6.45, 7) is 8.76. The van der Waals surface area contributed by atoms with Crippen LogP contribution in [-0.2, 0) is 25.5 Å². The van der Waals surface area contributed by atoms with Crippen LogP contribution in [0.3, 0.4) is 0 Å². The van der Waals surface area contributed by atoms with Gasteiger partial charge in [-0.15, -0.1) is 0 Å². The maximum atomic E-state index is 13.3. The second kappa shape index (κ2) is 13.2. The molecule has 2 aromatic carbocycles. The molecule has 220 valence electrons. The molecule has 0 spiro atoms. The number of piperidine rings is 1. The van der Waals surface area contributed by atoms with Crippen LogP contribution in [-0.4, -0.2) is 70.9 Å². The number of benzene rings is 2. The van der Waals surface area contributed by atoms with Crippen molar-refractivity contribution in [1.29, 1.82) is 0 Å². The molecule has 2 aliphatic heterocycles. The summed E-state index contributed by atoms with van der Waals surface area (Å²) in [7, 11) is 0. The van der Waals surface area contributed by atoms with E-state index in [1.807, 2.05) is 82.3 Å². The number of anilines is 1. The van der Waals surface area contributed by atoms with Crippen LogP contribution < -0.4 is 10.6 Å². The minimum atomic E-state index is -0.744. The number of rotatable bonds is 7. The number of nitrogens with zero attached hydrogens (tertiary/aromatic N) is 2. The zero-order valence-electron chi connectivity index (χ0n) is 24.5. The number of likely N-dealkylation sites (tertiary alicyclic amines) is 2. The predicted octanol–water partition coefficient (Wildman–Crippen LogP) is 4.30. The molecule has 2 aromatic rings. The van der Waals surface area contributed by atoms with Crippen molar-refractivity contribution in [1.82, 2.24) is 15.1 Å². The first-order valence-corrected chi connectivity index (χ1v) is 14.5. The van der Waals surface area contributed by atoms with Crippen LogP contribution >= 0.6 is 0 Å². The minimum Gasteiger partial charge on any atom is -0.444 e. The standard InChI is InChI=1S/C32H42N4O5/c1-22-12-14-25(15-13-22)33-29(38)26(21-23-9-6-5-7-10-23)34-28(37)24-16-19-35(20-17-24)30(39)27-11-8-18-36(27)31(40)41-32(2,3)4/h5-7,9-10,12-15,24,26-27H,8,11,16-21H2,1-4H3,(H,33,38)(H,34,37)/t26-,27-/m1/s1. The number of amides is 4. The average molecular weight is 563 g/mol. The summed E-state index contributed by atoms with van der Waals surface area (Å²) >= 11 is 0. The van der Waals surface area contributed by atoms with Crippen LogP contribution in [0.1, 0.15) is 57.6 Å². The third-order valence-corrected chi connectivity index (χ3v) is 7.58. The van der Waals surface area contributed by atoms with Crippen molar-refractivity contribution in [3.05, 3.63) is 65.7 Å². The molecule has 2 N–H and O–H groups in total. The van der Waals surface area contributed by atoms with E-state index < -0.39 is 23.8 Å². The van der Waals surface area contributed by atoms with Gasteiger partial charge in [0.15, 0.2) is 0 Å². The second-order valence-corrected chi connectivity index (χ2v) is 12.0. The highest BCUT2D eigenvalue weighted by Gasteiger charge is 2.40. The van der Waals surface area contributed by atoms with Crippen LogP contribution in [0, 0.1) is 12.8 Å². The van der Waals surface area contributed by atoms with Gasteiger partial charge in [-0.2, -0.15) is 0 Å². The van der Waals surface area contributed by atoms with Crippen molar-refractivity contribution in [2.45, 2.75) is 77.5 Å². The summed E-state index contributed by atoms with van der Waals surface area (Å²) in [6.07, 6.45) is 2.25. The highest BCUT2D eigenvalue weighted by atomic mass is 16.6. The van der Waals surface area contributed by atoms with Crippen molar-refractivity contribution in [2.24, 2.45) is 5.92 Å². The highest BCUT2D eigenvalue weighted by molar-refractivity contribution is 5.97. The van der Waals surface area contributed by atoms with E-state index in [0.29, 0.717) is 51.0 Å². The van der Waals surface area contributed by atoms with Gasteiger partial charge in [-0.3, -0.25) is 19.3 Å². The Hall–Kier alpha value is -3.88. The fourth-order valence-electron chi connectivity index (χ4n) is 5.35. The van der Waals surface area contributed by atoms with E-state index in [1.165, 1.54) is 4.90 Å². The maximum absolute atomic E-state index is 13.3. The third kappa shape index (κ3) is 8.31. The molecule has 0 bridgehead atoms. The van der Waals surface area contributed by atoms with E-state index in [9.17, 15) is 19.2 Å². The Bertz CT molecular complexity index is 1220. The molecule has 2 fully saturated rings. The summed E-state index contributed by atoms with van der Waals surface area (Å²) in [5, 5.41) is 5.91. The predicted molar refractivity (Wildman–Crippen MR) is 157 cm³/mol. The fourth-order valence-corrected chi connectivity index (χ4v) is 5.35. The van der Waals surface area contributed by atoms with Gasteiger partial charge in [0.05, 0.1) is 0 Å². The number of carbonyl (C=O) groups is 4. The second-order valence-electron chi connectivity index (χ2n) is 12.0. The Morgan fingerprint density at radius 2 is 1.59 bits per heavy atom. The first-order chi connectivity index (χ1) is 19.5. The number of hydrogen-bond donors (Lipinski definition) is 2. The van der Waals surface area contributed by atoms with Crippen molar-refractivity contribution >= 4 is 29.5 Å². The zero-order valence-corrected chi connectivity index (χ0v) is 24.5. The molecule has 41 heavy (non-hydrogen) atoms. The van der Waals surface area contributed by atoms with Crippen LogP contribution in [0.15, 0.2) is 54.6 Å². The summed E-state index contributed by atoms with van der Waals surface area (Å²) in [4.78, 5) is 55.9. The number of ether oxygens (including phenoxy) is 1. The van der Waals surface area contributed by atoms with E-state index >= 15 is 0 Å². The van der Waals surface area contributed by atoms with Crippen molar-refractivity contribution in [2.75, 3.05) is 25.0 Å². The van der Waals surface area contributed by atoms with Crippen LogP contribution in [0.25, 0.3) is 0 Å². The van der Waals surface area contributed by atoms with Crippen LogP contribution in [0.2, 0.25) is 0 Å². The van der Waals surface area contributed by atoms with Gasteiger partial charge in [0.1, 0.15) is 17.7 Å². The van der Waals surface area contributed by atoms with Crippen molar-refractivity contribution < 1.29 is 23.9 Å². The molecule has 0 aliphatic carbocycles. The molecule has 9 heteroatoms. The van der Waals surface area contributed by atoms with E-state index in [1.54, 1.807) is 4.90 Å². The lowest BCUT2D eigenvalue weighted by Crippen LogP contribution is -2.53. The van der Waals surface area contributed by atoms with E-state index in [2.05, 4.69) is 10.6 Å². The zero-order chi connectivity index (χ0) is 29.6. The monoisotopic (exact) mass is 562 g/mol. The minimum absolute atomic E-state index is 0.0911. The van der Waals surface area contributed by atoms with E-state index in [-0.39, 0.29) is 23.6 Å². The van der Waals surface area contributed by atoms with Gasteiger partial charge in [-0.1, -0.05) is 48.0 Å². The van der Waals surface area contributed by atoms with E-state index in [4.69, 9.17) is 4.74 Å². The lowest BCUT2D eigenvalue weighted by Gasteiger charge is -2.35. The first-order valence-electron chi connectivity index (χ1n) is 14.5. The average Bonchev–Trinajstić information content (AvgIpc) is 3.44. The summed E-state index contributed by atoms with van der Waals surface area (Å²) < 4.78 is 5.51. The Balaban J connectivity index is 1.35. The molecule has 0 unspecified atom stereocenters. The lowest BCUT2D eigenvalue weighted by molar-refractivity contribution is -0.139. The van der Waals surface area contributed by atoms with Crippen molar-refractivity contribution in [3.63, 3.8) is 0 Å².